The van der Waals surface area contributed by atoms with E-state index in [1.54, 1.807) is 0 Å². The topological polar surface area (TPSA) is 3.24 Å². The summed E-state index contributed by atoms with van der Waals surface area (Å²) in [5, 5.41) is 0. The molecule has 0 spiro atoms. The highest BCUT2D eigenvalue weighted by Gasteiger charge is 2.61. The third-order valence-corrected chi connectivity index (χ3v) is 3.35. The Labute approximate surface area is 61.1 Å². The minimum absolute atomic E-state index is 0.616. The summed E-state index contributed by atoms with van der Waals surface area (Å²) in [5.74, 6) is 1.80. The Morgan fingerprint density at radius 1 is 1.33 bits per heavy atom. The van der Waals surface area contributed by atoms with E-state index >= 15 is 0 Å². The van der Waals surface area contributed by atoms with Gasteiger partial charge < -0.3 is 0 Å². The van der Waals surface area contributed by atoms with Gasteiger partial charge >= 0.3 is 0 Å². The van der Waals surface area contributed by atoms with Crippen molar-refractivity contribution in [2.24, 2.45) is 17.3 Å². The maximum atomic E-state index is 5.80. The Kier molecular flexibility index (Phi) is 0.970. The van der Waals surface area contributed by atoms with Crippen molar-refractivity contribution in [3.8, 4) is 0 Å². The van der Waals surface area contributed by atoms with Crippen LogP contribution < -0.4 is 0 Å². The van der Waals surface area contributed by atoms with Crippen LogP contribution in [0.25, 0.3) is 0 Å². The molecule has 2 heteroatoms. The number of halogens is 1. The van der Waals surface area contributed by atoms with Gasteiger partial charge in [0, 0.05) is 13.1 Å². The van der Waals surface area contributed by atoms with Crippen LogP contribution >= 0.6 is 11.8 Å². The van der Waals surface area contributed by atoms with Crippen molar-refractivity contribution in [3.63, 3.8) is 0 Å². The number of rotatable bonds is 0. The van der Waals surface area contributed by atoms with Gasteiger partial charge in [-0.2, -0.15) is 0 Å². The van der Waals surface area contributed by atoms with E-state index in [0.29, 0.717) is 5.41 Å². The van der Waals surface area contributed by atoms with E-state index in [0.717, 1.165) is 24.9 Å². The van der Waals surface area contributed by atoms with Gasteiger partial charge in [0.2, 0.25) is 0 Å². The Morgan fingerprint density at radius 3 is 2.11 bits per heavy atom. The third-order valence-electron chi connectivity index (χ3n) is 3.08. The number of fused-ring (bicyclic) bond motifs is 1. The van der Waals surface area contributed by atoms with Crippen molar-refractivity contribution in [1.82, 2.24) is 4.42 Å². The molecule has 0 N–H and O–H groups in total. The van der Waals surface area contributed by atoms with Crippen molar-refractivity contribution < 1.29 is 0 Å². The molecule has 52 valence electrons. The molecule has 0 aromatic rings. The van der Waals surface area contributed by atoms with Crippen molar-refractivity contribution in [3.05, 3.63) is 0 Å². The van der Waals surface area contributed by atoms with E-state index in [4.69, 9.17) is 11.8 Å². The fourth-order valence-electron chi connectivity index (χ4n) is 2.08. The zero-order valence-corrected chi connectivity index (χ0v) is 6.65. The average molecular weight is 146 g/mol. The predicted molar refractivity (Wildman–Crippen MR) is 38.2 cm³/mol. The summed E-state index contributed by atoms with van der Waals surface area (Å²) >= 11 is 5.80. The van der Waals surface area contributed by atoms with Gasteiger partial charge in [-0.25, -0.2) is 4.42 Å². The van der Waals surface area contributed by atoms with E-state index in [2.05, 4.69) is 13.8 Å². The number of hydrogen-bond donors (Lipinski definition) is 0. The summed E-state index contributed by atoms with van der Waals surface area (Å²) < 4.78 is 1.92. The highest BCUT2D eigenvalue weighted by Crippen LogP contribution is 2.62. The SMILES string of the molecule is CC1(C)[C@@H]2CN(Cl)C[C@H]21. The van der Waals surface area contributed by atoms with Crippen LogP contribution in [0.4, 0.5) is 0 Å². The molecule has 1 saturated carbocycles. The van der Waals surface area contributed by atoms with E-state index in [1.807, 2.05) is 4.42 Å². The van der Waals surface area contributed by atoms with Crippen LogP contribution in [0.3, 0.4) is 0 Å². The fourth-order valence-corrected chi connectivity index (χ4v) is 2.38. The first-order chi connectivity index (χ1) is 4.12. The molecular weight excluding hydrogens is 134 g/mol. The molecule has 9 heavy (non-hydrogen) atoms. The van der Waals surface area contributed by atoms with E-state index in [-0.39, 0.29) is 0 Å². The smallest absolute Gasteiger partial charge is 0.0176 e. The first-order valence-electron chi connectivity index (χ1n) is 3.53. The number of hydrogen-bond acceptors (Lipinski definition) is 1. The molecular formula is C7H12ClN. The Hall–Kier alpha value is 0.250. The lowest BCUT2D eigenvalue weighted by molar-refractivity contribution is 0.383. The zero-order chi connectivity index (χ0) is 6.65. The van der Waals surface area contributed by atoms with Crippen LogP contribution in [0.5, 0.6) is 0 Å². The third kappa shape index (κ3) is 0.651. The molecule has 2 fully saturated rings. The Bertz CT molecular complexity index is 130. The second-order valence-corrected chi connectivity index (χ2v) is 4.34. The summed E-state index contributed by atoms with van der Waals surface area (Å²) in [6.07, 6.45) is 0. The summed E-state index contributed by atoms with van der Waals surface area (Å²) in [4.78, 5) is 0. The maximum absolute atomic E-state index is 5.80. The molecule has 0 aromatic carbocycles. The van der Waals surface area contributed by atoms with Gasteiger partial charge in [0.05, 0.1) is 0 Å². The molecule has 1 aliphatic carbocycles. The second-order valence-electron chi connectivity index (χ2n) is 3.86. The van der Waals surface area contributed by atoms with Gasteiger partial charge in [0.1, 0.15) is 0 Å². The van der Waals surface area contributed by atoms with E-state index in [1.165, 1.54) is 0 Å². The van der Waals surface area contributed by atoms with E-state index in [9.17, 15) is 0 Å². The first-order valence-corrected chi connectivity index (χ1v) is 3.87. The molecule has 0 radical (unpaired) electrons. The van der Waals surface area contributed by atoms with Crippen molar-refractivity contribution in [1.29, 1.82) is 0 Å². The van der Waals surface area contributed by atoms with Gasteiger partial charge in [0.15, 0.2) is 0 Å². The zero-order valence-electron chi connectivity index (χ0n) is 5.89. The van der Waals surface area contributed by atoms with Crippen LogP contribution in [0.2, 0.25) is 0 Å². The molecule has 1 aliphatic heterocycles. The monoisotopic (exact) mass is 145 g/mol. The standard InChI is InChI=1S/C7H12ClN/c1-7(2)5-3-9(8)4-6(5)7/h5-6H,3-4H2,1-2H3/t5-,6-/m1/s1. The maximum Gasteiger partial charge on any atom is 0.0176 e. The predicted octanol–water partition coefficient (Wildman–Crippen LogP) is 1.73. The van der Waals surface area contributed by atoms with Crippen molar-refractivity contribution >= 4 is 11.8 Å². The molecule has 0 amide bonds. The highest BCUT2D eigenvalue weighted by atomic mass is 35.5. The molecule has 0 aromatic heterocycles. The van der Waals surface area contributed by atoms with Crippen LogP contribution in [-0.4, -0.2) is 17.5 Å². The summed E-state index contributed by atoms with van der Waals surface area (Å²) in [6, 6.07) is 0. The van der Waals surface area contributed by atoms with E-state index < -0.39 is 0 Å². The van der Waals surface area contributed by atoms with Gasteiger partial charge in [0.25, 0.3) is 0 Å². The second kappa shape index (κ2) is 1.46. The molecule has 2 aliphatic rings. The number of piperidine rings is 1. The molecule has 1 heterocycles. The summed E-state index contributed by atoms with van der Waals surface area (Å²) in [6.45, 7) is 6.90. The van der Waals surface area contributed by atoms with Crippen LogP contribution in [-0.2, 0) is 0 Å². The molecule has 2 atom stereocenters. The minimum atomic E-state index is 0.616. The van der Waals surface area contributed by atoms with Gasteiger partial charge in [-0.05, 0) is 29.0 Å². The lowest BCUT2D eigenvalue weighted by atomic mass is 10.1. The lowest BCUT2D eigenvalue weighted by Gasteiger charge is -2.12. The quantitative estimate of drug-likeness (QED) is 0.470. The first kappa shape index (κ1) is 5.99. The molecule has 0 bridgehead atoms. The van der Waals surface area contributed by atoms with Crippen LogP contribution in [0, 0.1) is 17.3 Å². The highest BCUT2D eigenvalue weighted by molar-refractivity contribution is 6.13. The largest absolute Gasteiger partial charge is 0.220 e. The normalized spacial score (nSPS) is 47.0. The number of nitrogens with zero attached hydrogens (tertiary/aromatic N) is 1. The summed E-state index contributed by atoms with van der Waals surface area (Å²) in [7, 11) is 0. The average Bonchev–Trinajstić information content (AvgIpc) is 2.27. The van der Waals surface area contributed by atoms with Crippen molar-refractivity contribution in [2.45, 2.75) is 13.8 Å². The molecule has 0 unspecified atom stereocenters. The van der Waals surface area contributed by atoms with Crippen molar-refractivity contribution in [2.75, 3.05) is 13.1 Å². The molecule has 1 saturated heterocycles. The summed E-state index contributed by atoms with van der Waals surface area (Å²) in [5.41, 5.74) is 0.616. The molecule has 2 rings (SSSR count). The minimum Gasteiger partial charge on any atom is -0.220 e. The lowest BCUT2D eigenvalue weighted by Crippen LogP contribution is -2.16. The Morgan fingerprint density at radius 2 is 1.78 bits per heavy atom. The van der Waals surface area contributed by atoms with Crippen LogP contribution in [0.1, 0.15) is 13.8 Å². The van der Waals surface area contributed by atoms with Gasteiger partial charge in [-0.3, -0.25) is 0 Å². The fraction of sp³-hybridized carbons (Fsp3) is 1.00. The van der Waals surface area contributed by atoms with Gasteiger partial charge in [-0.15, -0.1) is 0 Å². The Balaban J connectivity index is 2.06. The van der Waals surface area contributed by atoms with Gasteiger partial charge in [-0.1, -0.05) is 13.8 Å². The van der Waals surface area contributed by atoms with Crippen LogP contribution in [0.15, 0.2) is 0 Å². The molecule has 1 nitrogen and oxygen atoms in total.